The van der Waals surface area contributed by atoms with Gasteiger partial charge in [0.1, 0.15) is 11.6 Å². The van der Waals surface area contributed by atoms with E-state index < -0.39 is 5.82 Å². The van der Waals surface area contributed by atoms with Crippen molar-refractivity contribution in [2.75, 3.05) is 38.5 Å². The Balaban J connectivity index is 1.58. The van der Waals surface area contributed by atoms with Gasteiger partial charge in [-0.25, -0.2) is 14.4 Å². The minimum absolute atomic E-state index is 0.00165. The number of halogens is 2. The highest BCUT2D eigenvalue weighted by Crippen LogP contribution is 2.30. The van der Waals surface area contributed by atoms with Crippen molar-refractivity contribution in [3.63, 3.8) is 0 Å². The molecule has 5 rings (SSSR count). The molecule has 4 aromatic rings. The predicted molar refractivity (Wildman–Crippen MR) is 131 cm³/mol. The summed E-state index contributed by atoms with van der Waals surface area (Å²) in [4.78, 5) is 30.8. The molecule has 1 aliphatic heterocycles. The van der Waals surface area contributed by atoms with Gasteiger partial charge in [-0.1, -0.05) is 11.6 Å². The molecule has 1 saturated heterocycles. The van der Waals surface area contributed by atoms with E-state index in [1.54, 1.807) is 30.6 Å². The van der Waals surface area contributed by atoms with Crippen molar-refractivity contribution < 1.29 is 9.18 Å². The summed E-state index contributed by atoms with van der Waals surface area (Å²) in [6.45, 7) is 3.05. The average Bonchev–Trinajstić information content (AvgIpc) is 2.86. The Hall–Kier alpha value is -3.62. The van der Waals surface area contributed by atoms with Gasteiger partial charge in [0.05, 0.1) is 10.5 Å². The lowest BCUT2D eigenvalue weighted by molar-refractivity contribution is 0.0664. The topological polar surface area (TPSA) is 74.2 Å². The van der Waals surface area contributed by atoms with Gasteiger partial charge in [-0.2, -0.15) is 0 Å². The van der Waals surface area contributed by atoms with Crippen LogP contribution in [0.1, 0.15) is 10.4 Å². The average molecular weight is 477 g/mol. The van der Waals surface area contributed by atoms with Gasteiger partial charge in [-0.3, -0.25) is 9.78 Å². The maximum atomic E-state index is 13.7. The molecule has 1 N–H and O–H groups in total. The summed E-state index contributed by atoms with van der Waals surface area (Å²) < 4.78 is 13.7. The lowest BCUT2D eigenvalue weighted by atomic mass is 10.1. The molecule has 34 heavy (non-hydrogen) atoms. The standard InChI is InChI=1S/C25H22ClFN6O/c1-32-9-11-33(12-10-32)25(34)16-4-7-22-19(13-16)24(29-18-5-6-21(27)20(26)14-18)31-23(30-22)17-3-2-8-28-15-17/h2-8,13-15H,9-12H2,1H3,(H,29,30,31). The van der Waals surface area contributed by atoms with Crippen LogP contribution in [0.25, 0.3) is 22.3 Å². The minimum Gasteiger partial charge on any atom is -0.340 e. The molecule has 0 spiro atoms. The highest BCUT2D eigenvalue weighted by molar-refractivity contribution is 6.31. The summed E-state index contributed by atoms with van der Waals surface area (Å²) >= 11 is 5.98. The molecule has 2 aromatic carbocycles. The van der Waals surface area contributed by atoms with E-state index in [0.29, 0.717) is 46.9 Å². The van der Waals surface area contributed by atoms with E-state index in [-0.39, 0.29) is 10.9 Å². The fourth-order valence-corrected chi connectivity index (χ4v) is 4.06. The normalized spacial score (nSPS) is 14.4. The van der Waals surface area contributed by atoms with Crippen LogP contribution < -0.4 is 5.32 Å². The van der Waals surface area contributed by atoms with Crippen molar-refractivity contribution in [3.8, 4) is 11.4 Å². The Morgan fingerprint density at radius 1 is 1.06 bits per heavy atom. The molecule has 0 aliphatic carbocycles. The quantitative estimate of drug-likeness (QED) is 0.463. The van der Waals surface area contributed by atoms with E-state index in [2.05, 4.69) is 22.2 Å². The Morgan fingerprint density at radius 2 is 1.88 bits per heavy atom. The molecular formula is C25H22ClFN6O. The molecule has 9 heteroatoms. The van der Waals surface area contributed by atoms with Crippen LogP contribution in [0.4, 0.5) is 15.9 Å². The van der Waals surface area contributed by atoms with Gasteiger partial charge in [-0.05, 0) is 55.6 Å². The van der Waals surface area contributed by atoms with Crippen LogP contribution in [-0.4, -0.2) is 63.9 Å². The number of fused-ring (bicyclic) bond motifs is 1. The lowest BCUT2D eigenvalue weighted by Crippen LogP contribution is -2.47. The van der Waals surface area contributed by atoms with Crippen LogP contribution in [0.2, 0.25) is 5.02 Å². The number of nitrogens with zero attached hydrogens (tertiary/aromatic N) is 5. The van der Waals surface area contributed by atoms with Crippen molar-refractivity contribution in [2.45, 2.75) is 0 Å². The summed E-state index contributed by atoms with van der Waals surface area (Å²) in [5.74, 6) is 0.437. The summed E-state index contributed by atoms with van der Waals surface area (Å²) in [6.07, 6.45) is 3.37. The third kappa shape index (κ3) is 4.55. The predicted octanol–water partition coefficient (Wildman–Crippen LogP) is 4.62. The first-order chi connectivity index (χ1) is 16.5. The molecule has 3 heterocycles. The first-order valence-corrected chi connectivity index (χ1v) is 11.3. The maximum Gasteiger partial charge on any atom is 0.253 e. The molecule has 2 aromatic heterocycles. The van der Waals surface area contributed by atoms with E-state index in [0.717, 1.165) is 18.7 Å². The third-order valence-corrected chi connectivity index (χ3v) is 6.12. The number of likely N-dealkylation sites (N-methyl/N-ethyl adjacent to an activating group) is 1. The molecule has 0 saturated carbocycles. The zero-order valence-electron chi connectivity index (χ0n) is 18.5. The van der Waals surface area contributed by atoms with Crippen molar-refractivity contribution in [2.24, 2.45) is 0 Å². The Bertz CT molecular complexity index is 1360. The lowest BCUT2D eigenvalue weighted by Gasteiger charge is -2.32. The number of benzene rings is 2. The zero-order valence-corrected chi connectivity index (χ0v) is 19.3. The molecule has 172 valence electrons. The highest BCUT2D eigenvalue weighted by Gasteiger charge is 2.21. The number of piperazine rings is 1. The van der Waals surface area contributed by atoms with Gasteiger partial charge in [-0.15, -0.1) is 0 Å². The number of pyridine rings is 1. The number of carbonyl (C=O) groups is 1. The van der Waals surface area contributed by atoms with Gasteiger partial charge in [0.2, 0.25) is 0 Å². The fourth-order valence-electron chi connectivity index (χ4n) is 3.88. The SMILES string of the molecule is CN1CCN(C(=O)c2ccc3nc(-c4cccnc4)nc(Nc4ccc(F)c(Cl)c4)c3c2)CC1. The third-order valence-electron chi connectivity index (χ3n) is 5.84. The molecule has 0 unspecified atom stereocenters. The van der Waals surface area contributed by atoms with Gasteiger partial charge in [0.25, 0.3) is 5.91 Å². The zero-order chi connectivity index (χ0) is 23.7. The number of anilines is 2. The van der Waals surface area contributed by atoms with Crippen LogP contribution in [0, 0.1) is 5.82 Å². The number of hydrogen-bond donors (Lipinski definition) is 1. The molecule has 7 nitrogen and oxygen atoms in total. The van der Waals surface area contributed by atoms with E-state index in [1.807, 2.05) is 23.1 Å². The molecule has 1 aliphatic rings. The van der Waals surface area contributed by atoms with Crippen molar-refractivity contribution >= 4 is 39.9 Å². The largest absolute Gasteiger partial charge is 0.340 e. The molecule has 1 fully saturated rings. The summed E-state index contributed by atoms with van der Waals surface area (Å²) in [7, 11) is 2.05. The molecule has 0 bridgehead atoms. The van der Waals surface area contributed by atoms with Gasteiger partial charge < -0.3 is 15.1 Å². The summed E-state index contributed by atoms with van der Waals surface area (Å²) in [5.41, 5.74) is 2.55. The van der Waals surface area contributed by atoms with E-state index >= 15 is 0 Å². The maximum absolute atomic E-state index is 13.7. The van der Waals surface area contributed by atoms with E-state index in [1.165, 1.54) is 12.1 Å². The van der Waals surface area contributed by atoms with Crippen LogP contribution >= 0.6 is 11.6 Å². The number of amides is 1. The van der Waals surface area contributed by atoms with Crippen molar-refractivity contribution in [3.05, 3.63) is 77.3 Å². The van der Waals surface area contributed by atoms with E-state index in [9.17, 15) is 9.18 Å². The van der Waals surface area contributed by atoms with Gasteiger partial charge in [0.15, 0.2) is 5.82 Å². The number of aromatic nitrogens is 3. The number of carbonyl (C=O) groups excluding carboxylic acids is 1. The summed E-state index contributed by atoms with van der Waals surface area (Å²) in [5, 5.41) is 3.90. The Morgan fingerprint density at radius 3 is 2.62 bits per heavy atom. The number of nitrogens with one attached hydrogen (secondary N) is 1. The number of rotatable bonds is 4. The Labute approximate surface area is 201 Å². The van der Waals surface area contributed by atoms with Gasteiger partial charge in [0, 0.05) is 60.8 Å². The first kappa shape index (κ1) is 22.2. The molecular weight excluding hydrogens is 455 g/mol. The first-order valence-electron chi connectivity index (χ1n) is 10.9. The van der Waals surface area contributed by atoms with Crippen molar-refractivity contribution in [1.82, 2.24) is 24.8 Å². The van der Waals surface area contributed by atoms with Crippen LogP contribution in [0.5, 0.6) is 0 Å². The van der Waals surface area contributed by atoms with Gasteiger partial charge >= 0.3 is 0 Å². The number of hydrogen-bond acceptors (Lipinski definition) is 6. The monoisotopic (exact) mass is 476 g/mol. The second-order valence-corrected chi connectivity index (χ2v) is 8.63. The van der Waals surface area contributed by atoms with Crippen LogP contribution in [0.3, 0.4) is 0 Å². The van der Waals surface area contributed by atoms with Crippen LogP contribution in [0.15, 0.2) is 60.9 Å². The minimum atomic E-state index is -0.504. The Kier molecular flexibility index (Phi) is 6.08. The molecule has 1 amide bonds. The smallest absolute Gasteiger partial charge is 0.253 e. The highest BCUT2D eigenvalue weighted by atomic mass is 35.5. The summed E-state index contributed by atoms with van der Waals surface area (Å²) in [6, 6.07) is 13.5. The fraction of sp³-hybridized carbons (Fsp3) is 0.200. The second-order valence-electron chi connectivity index (χ2n) is 8.22. The molecule has 0 atom stereocenters. The van der Waals surface area contributed by atoms with Crippen LogP contribution in [-0.2, 0) is 0 Å². The molecule has 0 radical (unpaired) electrons. The van der Waals surface area contributed by atoms with Crippen molar-refractivity contribution in [1.29, 1.82) is 0 Å². The van der Waals surface area contributed by atoms with E-state index in [4.69, 9.17) is 21.6 Å². The second kappa shape index (κ2) is 9.32.